The van der Waals surface area contributed by atoms with E-state index in [1.807, 2.05) is 12.1 Å². The monoisotopic (exact) mass is 432 g/mol. The van der Waals surface area contributed by atoms with Gasteiger partial charge in [-0.3, -0.25) is 14.5 Å². The van der Waals surface area contributed by atoms with Gasteiger partial charge in [-0.15, -0.1) is 12.4 Å². The highest BCUT2D eigenvalue weighted by molar-refractivity contribution is 6.11. The number of nitrogens with zero attached hydrogens (tertiary/aromatic N) is 1. The minimum absolute atomic E-state index is 0. The van der Waals surface area contributed by atoms with E-state index in [4.69, 9.17) is 5.11 Å². The Balaban J connectivity index is 0.00000320. The van der Waals surface area contributed by atoms with Gasteiger partial charge in [0.25, 0.3) is 5.91 Å². The van der Waals surface area contributed by atoms with Gasteiger partial charge < -0.3 is 21.1 Å². The van der Waals surface area contributed by atoms with Crippen LogP contribution in [-0.4, -0.2) is 60.6 Å². The SMILES string of the molecule is Cl.O=C(CN1C(=O)NC(c2ccccc2)(c2ccccc2)C1=O)NCCNCCO. The molecule has 2 aromatic carbocycles. The molecule has 1 heterocycles. The van der Waals surface area contributed by atoms with Crippen molar-refractivity contribution in [2.24, 2.45) is 0 Å². The molecule has 0 spiro atoms. The van der Waals surface area contributed by atoms with Gasteiger partial charge in [0.1, 0.15) is 6.54 Å². The molecule has 1 aliphatic rings. The summed E-state index contributed by atoms with van der Waals surface area (Å²) in [7, 11) is 0. The van der Waals surface area contributed by atoms with Gasteiger partial charge in [0, 0.05) is 19.6 Å². The van der Waals surface area contributed by atoms with Crippen molar-refractivity contribution in [3.05, 3.63) is 71.8 Å². The standard InChI is InChI=1S/C21H24N4O4.ClH/c26-14-13-22-11-12-23-18(27)15-25-19(28)21(24-20(25)29,16-7-3-1-4-8-16)17-9-5-2-6-10-17;/h1-10,22,26H,11-15H2,(H,23,27)(H,24,29);1H. The molecule has 0 aliphatic carbocycles. The molecule has 0 radical (unpaired) electrons. The Labute approximate surface area is 181 Å². The Morgan fingerprint density at radius 3 is 2.03 bits per heavy atom. The van der Waals surface area contributed by atoms with E-state index in [0.717, 1.165) is 4.90 Å². The molecule has 160 valence electrons. The van der Waals surface area contributed by atoms with Gasteiger partial charge in [0.05, 0.1) is 6.61 Å². The number of urea groups is 1. The number of benzene rings is 2. The molecule has 1 fully saturated rings. The molecule has 30 heavy (non-hydrogen) atoms. The van der Waals surface area contributed by atoms with E-state index < -0.39 is 23.4 Å². The van der Waals surface area contributed by atoms with E-state index >= 15 is 0 Å². The lowest BCUT2D eigenvalue weighted by atomic mass is 9.82. The molecular weight excluding hydrogens is 408 g/mol. The summed E-state index contributed by atoms with van der Waals surface area (Å²) in [6.07, 6.45) is 0. The number of hydrogen-bond donors (Lipinski definition) is 4. The van der Waals surface area contributed by atoms with Crippen LogP contribution in [0.4, 0.5) is 4.79 Å². The number of rotatable bonds is 9. The van der Waals surface area contributed by atoms with Crippen molar-refractivity contribution in [3.63, 3.8) is 0 Å². The lowest BCUT2D eigenvalue weighted by Gasteiger charge is -2.28. The first-order valence-electron chi connectivity index (χ1n) is 9.43. The van der Waals surface area contributed by atoms with Gasteiger partial charge in [-0.2, -0.15) is 0 Å². The molecule has 2 aromatic rings. The fraction of sp³-hybridized carbons (Fsp3) is 0.286. The molecule has 4 amide bonds. The number of carbonyl (C=O) groups excluding carboxylic acids is 3. The van der Waals surface area contributed by atoms with Crippen LogP contribution in [0.25, 0.3) is 0 Å². The third kappa shape index (κ3) is 4.79. The summed E-state index contributed by atoms with van der Waals surface area (Å²) >= 11 is 0. The topological polar surface area (TPSA) is 111 Å². The Kier molecular flexibility index (Phi) is 8.35. The zero-order valence-electron chi connectivity index (χ0n) is 16.3. The van der Waals surface area contributed by atoms with Crippen LogP contribution in [0.5, 0.6) is 0 Å². The first-order chi connectivity index (χ1) is 14.1. The normalized spacial score (nSPS) is 14.8. The van der Waals surface area contributed by atoms with Crippen molar-refractivity contribution >= 4 is 30.3 Å². The molecule has 0 saturated carbocycles. The molecule has 0 aromatic heterocycles. The average Bonchev–Trinajstić information content (AvgIpc) is 3.00. The molecular formula is C21H25ClN4O4. The van der Waals surface area contributed by atoms with E-state index in [1.165, 1.54) is 0 Å². The second-order valence-corrected chi connectivity index (χ2v) is 6.63. The van der Waals surface area contributed by atoms with Gasteiger partial charge in [0.15, 0.2) is 5.54 Å². The highest BCUT2D eigenvalue weighted by atomic mass is 35.5. The Morgan fingerprint density at radius 2 is 1.50 bits per heavy atom. The van der Waals surface area contributed by atoms with E-state index in [1.54, 1.807) is 48.5 Å². The van der Waals surface area contributed by atoms with E-state index in [-0.39, 0.29) is 25.6 Å². The number of aliphatic hydroxyl groups excluding tert-OH is 1. The summed E-state index contributed by atoms with van der Waals surface area (Å²) in [5.41, 5.74) is -0.121. The number of imide groups is 1. The number of aliphatic hydroxyl groups is 1. The fourth-order valence-corrected chi connectivity index (χ4v) is 3.35. The molecule has 8 nitrogen and oxygen atoms in total. The lowest BCUT2D eigenvalue weighted by molar-refractivity contribution is -0.134. The highest BCUT2D eigenvalue weighted by Gasteiger charge is 2.53. The van der Waals surface area contributed by atoms with Crippen molar-refractivity contribution in [2.75, 3.05) is 32.8 Å². The predicted molar refractivity (Wildman–Crippen MR) is 114 cm³/mol. The van der Waals surface area contributed by atoms with Gasteiger partial charge in [-0.05, 0) is 11.1 Å². The minimum atomic E-state index is -1.37. The van der Waals surface area contributed by atoms with Crippen LogP contribution >= 0.6 is 12.4 Å². The van der Waals surface area contributed by atoms with Gasteiger partial charge in [0.2, 0.25) is 5.91 Å². The summed E-state index contributed by atoms with van der Waals surface area (Å²) in [6, 6.07) is 17.4. The predicted octanol–water partition coefficient (Wildman–Crippen LogP) is 0.602. The molecule has 9 heteroatoms. The number of nitrogens with one attached hydrogen (secondary N) is 3. The average molecular weight is 433 g/mol. The first-order valence-corrected chi connectivity index (χ1v) is 9.43. The number of carbonyl (C=O) groups is 3. The highest BCUT2D eigenvalue weighted by Crippen LogP contribution is 2.35. The van der Waals surface area contributed by atoms with Gasteiger partial charge in [-0.1, -0.05) is 60.7 Å². The Bertz CT molecular complexity index is 824. The number of hydrogen-bond acceptors (Lipinski definition) is 5. The van der Waals surface area contributed by atoms with Crippen LogP contribution in [0.15, 0.2) is 60.7 Å². The van der Waals surface area contributed by atoms with Crippen molar-refractivity contribution in [1.29, 1.82) is 0 Å². The van der Waals surface area contributed by atoms with Crippen molar-refractivity contribution < 1.29 is 19.5 Å². The zero-order valence-corrected chi connectivity index (χ0v) is 17.2. The van der Waals surface area contributed by atoms with Crippen LogP contribution in [0.2, 0.25) is 0 Å². The molecule has 1 saturated heterocycles. The van der Waals surface area contributed by atoms with E-state index in [9.17, 15) is 14.4 Å². The lowest BCUT2D eigenvalue weighted by Crippen LogP contribution is -2.46. The summed E-state index contributed by atoms with van der Waals surface area (Å²) in [4.78, 5) is 39.3. The zero-order chi connectivity index (χ0) is 20.7. The van der Waals surface area contributed by atoms with Gasteiger partial charge >= 0.3 is 6.03 Å². The first kappa shape index (κ1) is 23.3. The molecule has 3 rings (SSSR count). The van der Waals surface area contributed by atoms with Crippen LogP contribution in [0.3, 0.4) is 0 Å². The van der Waals surface area contributed by atoms with Crippen molar-refractivity contribution in [2.45, 2.75) is 5.54 Å². The summed E-state index contributed by atoms with van der Waals surface area (Å²) in [6.45, 7) is 0.874. The maximum atomic E-state index is 13.4. The second-order valence-electron chi connectivity index (χ2n) is 6.63. The minimum Gasteiger partial charge on any atom is -0.395 e. The van der Waals surface area contributed by atoms with E-state index in [0.29, 0.717) is 30.8 Å². The van der Waals surface area contributed by atoms with E-state index in [2.05, 4.69) is 16.0 Å². The molecule has 1 aliphatic heterocycles. The van der Waals surface area contributed by atoms with Crippen LogP contribution in [0.1, 0.15) is 11.1 Å². The molecule has 4 N–H and O–H groups in total. The third-order valence-electron chi connectivity index (χ3n) is 4.73. The second kappa shape index (κ2) is 10.7. The van der Waals surface area contributed by atoms with Gasteiger partial charge in [-0.25, -0.2) is 4.79 Å². The fourth-order valence-electron chi connectivity index (χ4n) is 3.35. The third-order valence-corrected chi connectivity index (χ3v) is 4.73. The summed E-state index contributed by atoms with van der Waals surface area (Å²) in [5.74, 6) is -0.926. The van der Waals surface area contributed by atoms with Crippen molar-refractivity contribution in [3.8, 4) is 0 Å². The smallest absolute Gasteiger partial charge is 0.326 e. The molecule has 0 unspecified atom stereocenters. The van der Waals surface area contributed by atoms with Crippen LogP contribution in [-0.2, 0) is 15.1 Å². The van der Waals surface area contributed by atoms with Crippen molar-refractivity contribution in [1.82, 2.24) is 20.9 Å². The summed E-state index contributed by atoms with van der Waals surface area (Å²) in [5, 5.41) is 17.1. The maximum Gasteiger partial charge on any atom is 0.326 e. The molecule has 0 atom stereocenters. The molecule has 0 bridgehead atoms. The number of amides is 4. The summed E-state index contributed by atoms with van der Waals surface area (Å²) < 4.78 is 0. The maximum absolute atomic E-state index is 13.4. The Hall–Kier alpha value is -2.94. The van der Waals surface area contributed by atoms with Crippen LogP contribution < -0.4 is 16.0 Å². The Morgan fingerprint density at radius 1 is 0.933 bits per heavy atom. The van der Waals surface area contributed by atoms with Crippen LogP contribution in [0, 0.1) is 0 Å². The number of halogens is 1. The quantitative estimate of drug-likeness (QED) is 0.342. The largest absolute Gasteiger partial charge is 0.395 e.